The highest BCUT2D eigenvalue weighted by Gasteiger charge is 2.52. The van der Waals surface area contributed by atoms with Crippen molar-refractivity contribution < 1.29 is 29.3 Å². The number of hydrogen-bond acceptors (Lipinski definition) is 7. The average molecular weight is 519 g/mol. The number of carbonyl (C=O) groups excluding carboxylic acids is 1. The number of aryl methyl sites for hydroxylation is 2. The number of carboxylic acid groups (broad SMARTS) is 2. The Hall–Kier alpha value is -4.31. The number of aliphatic carboxylic acids is 2. The fourth-order valence-electron chi connectivity index (χ4n) is 4.80. The van der Waals surface area contributed by atoms with Crippen LogP contribution in [0.3, 0.4) is 0 Å². The summed E-state index contributed by atoms with van der Waals surface area (Å²) in [5, 5.41) is 23.5. The second kappa shape index (κ2) is 11.0. The smallest absolute Gasteiger partial charge is 0.347 e. The molecule has 1 aliphatic rings. The molecular formula is C28H30N4O6. The molecule has 3 N–H and O–H groups in total. The Labute approximate surface area is 220 Å². The summed E-state index contributed by atoms with van der Waals surface area (Å²) in [5.74, 6) is -3.03. The van der Waals surface area contributed by atoms with Crippen molar-refractivity contribution in [1.29, 1.82) is 0 Å². The predicted molar refractivity (Wildman–Crippen MR) is 139 cm³/mol. The number of amides is 1. The van der Waals surface area contributed by atoms with Gasteiger partial charge in [-0.25, -0.2) is 19.6 Å². The maximum atomic E-state index is 13.3. The van der Waals surface area contributed by atoms with Crippen LogP contribution in [0.1, 0.15) is 43.3 Å². The summed E-state index contributed by atoms with van der Waals surface area (Å²) < 4.78 is 6.12. The Kier molecular flexibility index (Phi) is 7.72. The number of carboxylic acids is 2. The van der Waals surface area contributed by atoms with Crippen LogP contribution in [0.4, 0.5) is 5.69 Å². The first-order valence-electron chi connectivity index (χ1n) is 12.4. The van der Waals surface area contributed by atoms with Crippen LogP contribution in [0, 0.1) is 0 Å². The number of benzene rings is 2. The van der Waals surface area contributed by atoms with E-state index < -0.39 is 35.5 Å². The molecule has 0 aliphatic carbocycles. The molecule has 0 spiro atoms. The summed E-state index contributed by atoms with van der Waals surface area (Å²) in [7, 11) is 0. The lowest BCUT2D eigenvalue weighted by atomic mass is 9.77. The van der Waals surface area contributed by atoms with Gasteiger partial charge in [0, 0.05) is 17.0 Å². The van der Waals surface area contributed by atoms with Crippen LogP contribution in [-0.4, -0.2) is 56.7 Å². The first kappa shape index (κ1) is 26.7. The SMILES string of the molecule is CCc1cc(CC)nc(OC(C(=O)O)C2(c3ccccc3)NCC(=O)N([C@H](C)C(=O)O)c3ccccc32)n1. The van der Waals surface area contributed by atoms with Crippen LogP contribution in [0.5, 0.6) is 6.01 Å². The van der Waals surface area contributed by atoms with Gasteiger partial charge in [-0.15, -0.1) is 0 Å². The third-order valence-corrected chi connectivity index (χ3v) is 6.73. The molecular weight excluding hydrogens is 488 g/mol. The molecule has 0 saturated carbocycles. The highest BCUT2D eigenvalue weighted by molar-refractivity contribution is 6.02. The second-order valence-electron chi connectivity index (χ2n) is 9.00. The molecule has 10 nitrogen and oxygen atoms in total. The lowest BCUT2D eigenvalue weighted by Crippen LogP contribution is -2.58. The topological polar surface area (TPSA) is 142 Å². The van der Waals surface area contributed by atoms with Crippen molar-refractivity contribution in [2.24, 2.45) is 0 Å². The Balaban J connectivity index is 2.00. The highest BCUT2D eigenvalue weighted by Crippen LogP contribution is 2.42. The number of nitrogens with one attached hydrogen (secondary N) is 1. The van der Waals surface area contributed by atoms with Crippen molar-refractivity contribution in [1.82, 2.24) is 15.3 Å². The zero-order valence-corrected chi connectivity index (χ0v) is 21.4. The first-order valence-corrected chi connectivity index (χ1v) is 12.4. The van der Waals surface area contributed by atoms with Crippen molar-refractivity contribution in [3.8, 4) is 6.01 Å². The molecule has 1 aromatic heterocycles. The molecule has 1 aliphatic heterocycles. The zero-order valence-electron chi connectivity index (χ0n) is 21.4. The van der Waals surface area contributed by atoms with Gasteiger partial charge >= 0.3 is 17.9 Å². The van der Waals surface area contributed by atoms with Gasteiger partial charge < -0.3 is 14.9 Å². The standard InChI is InChI=1S/C28H30N4O6/c1-4-19-15-20(5-2)31-27(30-19)38-24(26(36)37)28(18-11-7-6-8-12-18)21-13-9-10-14-22(21)32(17(3)25(34)35)23(33)16-29-28/h6-15,17,24,29H,4-5,16H2,1-3H3,(H,34,35)(H,36,37)/t17-,24?,28?/m1/s1. The van der Waals surface area contributed by atoms with E-state index in [-0.39, 0.29) is 18.2 Å². The Morgan fingerprint density at radius 3 is 2.18 bits per heavy atom. The number of aromatic nitrogens is 2. The largest absolute Gasteiger partial charge is 0.480 e. The summed E-state index contributed by atoms with van der Waals surface area (Å²) in [6.45, 7) is 4.93. The number of fused-ring (bicyclic) bond motifs is 1. The summed E-state index contributed by atoms with van der Waals surface area (Å²) in [4.78, 5) is 48.3. The van der Waals surface area contributed by atoms with Crippen LogP contribution in [0.15, 0.2) is 60.7 Å². The predicted octanol–water partition coefficient (Wildman–Crippen LogP) is 2.79. The molecule has 2 aromatic carbocycles. The van der Waals surface area contributed by atoms with E-state index in [0.29, 0.717) is 35.4 Å². The number of hydrogen-bond donors (Lipinski definition) is 3. The quantitative estimate of drug-likeness (QED) is 0.390. The molecule has 3 aromatic rings. The molecule has 4 rings (SSSR count). The van der Waals surface area contributed by atoms with Crippen molar-refractivity contribution in [3.05, 3.63) is 83.2 Å². The number of anilines is 1. The summed E-state index contributed by atoms with van der Waals surface area (Å²) >= 11 is 0. The third kappa shape index (κ3) is 4.82. The summed E-state index contributed by atoms with van der Waals surface area (Å²) in [5.41, 5.74) is 0.962. The van der Waals surface area contributed by atoms with Gasteiger partial charge in [-0.1, -0.05) is 62.4 Å². The third-order valence-electron chi connectivity index (χ3n) is 6.73. The lowest BCUT2D eigenvalue weighted by molar-refractivity contribution is -0.149. The van der Waals surface area contributed by atoms with Crippen molar-refractivity contribution in [2.75, 3.05) is 11.4 Å². The van der Waals surface area contributed by atoms with Gasteiger partial charge in [-0.3, -0.25) is 15.0 Å². The molecule has 38 heavy (non-hydrogen) atoms. The van der Waals surface area contributed by atoms with Crippen molar-refractivity contribution >= 4 is 23.5 Å². The van der Waals surface area contributed by atoms with Gasteiger partial charge in [0.2, 0.25) is 12.0 Å². The molecule has 2 unspecified atom stereocenters. The first-order chi connectivity index (χ1) is 18.2. The number of para-hydroxylation sites is 1. The van der Waals surface area contributed by atoms with Crippen LogP contribution >= 0.6 is 0 Å². The fraction of sp³-hybridized carbons (Fsp3) is 0.321. The van der Waals surface area contributed by atoms with Crippen molar-refractivity contribution in [2.45, 2.75) is 51.3 Å². The molecule has 0 fully saturated rings. The van der Waals surface area contributed by atoms with E-state index in [0.717, 1.165) is 0 Å². The van der Waals surface area contributed by atoms with Crippen molar-refractivity contribution in [3.63, 3.8) is 0 Å². The molecule has 10 heteroatoms. The number of ether oxygens (including phenoxy) is 1. The Morgan fingerprint density at radius 2 is 1.61 bits per heavy atom. The molecule has 0 bridgehead atoms. The van der Waals surface area contributed by atoms with Gasteiger partial charge in [0.1, 0.15) is 11.6 Å². The van der Waals surface area contributed by atoms with E-state index in [1.54, 1.807) is 54.6 Å². The van der Waals surface area contributed by atoms with Crippen LogP contribution in [-0.2, 0) is 32.8 Å². The number of carbonyl (C=O) groups is 3. The average Bonchev–Trinajstić information content (AvgIpc) is 3.05. The van der Waals surface area contributed by atoms with Crippen LogP contribution in [0.2, 0.25) is 0 Å². The zero-order chi connectivity index (χ0) is 27.4. The van der Waals surface area contributed by atoms with E-state index in [4.69, 9.17) is 4.74 Å². The monoisotopic (exact) mass is 518 g/mol. The molecule has 198 valence electrons. The maximum absolute atomic E-state index is 13.3. The minimum Gasteiger partial charge on any atom is -0.480 e. The minimum absolute atomic E-state index is 0.0884. The van der Waals surface area contributed by atoms with Gasteiger partial charge in [-0.05, 0) is 37.5 Å². The molecule has 3 atom stereocenters. The van der Waals surface area contributed by atoms with Crippen LogP contribution in [0.25, 0.3) is 0 Å². The van der Waals surface area contributed by atoms with E-state index in [9.17, 15) is 24.6 Å². The number of rotatable bonds is 9. The highest BCUT2D eigenvalue weighted by atomic mass is 16.5. The fourth-order valence-corrected chi connectivity index (χ4v) is 4.80. The molecule has 1 amide bonds. The van der Waals surface area contributed by atoms with E-state index in [1.165, 1.54) is 11.8 Å². The second-order valence-corrected chi connectivity index (χ2v) is 9.00. The van der Waals surface area contributed by atoms with E-state index in [2.05, 4.69) is 15.3 Å². The lowest BCUT2D eigenvalue weighted by Gasteiger charge is -2.39. The summed E-state index contributed by atoms with van der Waals surface area (Å²) in [6, 6.07) is 16.0. The van der Waals surface area contributed by atoms with Crippen LogP contribution < -0.4 is 15.0 Å². The molecule has 2 heterocycles. The molecule has 0 saturated heterocycles. The Bertz CT molecular complexity index is 1330. The van der Waals surface area contributed by atoms with Gasteiger partial charge in [0.25, 0.3) is 0 Å². The Morgan fingerprint density at radius 1 is 1.00 bits per heavy atom. The minimum atomic E-state index is -1.63. The van der Waals surface area contributed by atoms with Gasteiger partial charge in [-0.2, -0.15) is 0 Å². The van der Waals surface area contributed by atoms with E-state index in [1.807, 2.05) is 19.9 Å². The normalized spacial score (nSPS) is 18.7. The van der Waals surface area contributed by atoms with E-state index >= 15 is 0 Å². The van der Waals surface area contributed by atoms with Gasteiger partial charge in [0.05, 0.1) is 12.2 Å². The number of nitrogens with zero attached hydrogens (tertiary/aromatic N) is 3. The maximum Gasteiger partial charge on any atom is 0.347 e. The summed E-state index contributed by atoms with van der Waals surface area (Å²) in [6.07, 6.45) is -0.424. The molecule has 0 radical (unpaired) electrons. The van der Waals surface area contributed by atoms with Gasteiger partial charge in [0.15, 0.2) is 0 Å².